The van der Waals surface area contributed by atoms with Crippen molar-refractivity contribution < 1.29 is 14.6 Å². The maximum atomic E-state index is 8.71. The van der Waals surface area contributed by atoms with Crippen molar-refractivity contribution in [3.63, 3.8) is 0 Å². The minimum atomic E-state index is -0.114. The number of aliphatic hydroxyl groups excluding tert-OH is 1. The molecule has 0 amide bonds. The molecule has 1 atom stereocenters. The summed E-state index contributed by atoms with van der Waals surface area (Å²) in [6.45, 7) is 3.90. The molecule has 4 nitrogen and oxygen atoms in total. The van der Waals surface area contributed by atoms with E-state index in [0.29, 0.717) is 19.6 Å². The Labute approximate surface area is 109 Å². The Morgan fingerprint density at radius 2 is 1.94 bits per heavy atom. The number of hydrogen-bond acceptors (Lipinski definition) is 4. The number of nitrogens with two attached hydrogens (primary N) is 1. The second kappa shape index (κ2) is 8.91. The lowest BCUT2D eigenvalue weighted by atomic mass is 10.1. The van der Waals surface area contributed by atoms with E-state index in [9.17, 15) is 0 Å². The van der Waals surface area contributed by atoms with Gasteiger partial charge in [-0.05, 0) is 30.5 Å². The van der Waals surface area contributed by atoms with Gasteiger partial charge in [0.15, 0.2) is 0 Å². The minimum absolute atomic E-state index is 0.114. The zero-order valence-electron chi connectivity index (χ0n) is 11.0. The van der Waals surface area contributed by atoms with Crippen molar-refractivity contribution >= 4 is 0 Å². The number of aliphatic hydroxyl groups is 1. The van der Waals surface area contributed by atoms with Gasteiger partial charge < -0.3 is 20.3 Å². The summed E-state index contributed by atoms with van der Waals surface area (Å²) in [6, 6.07) is 7.81. The van der Waals surface area contributed by atoms with Crippen LogP contribution in [0.5, 0.6) is 5.75 Å². The smallest absolute Gasteiger partial charge is 0.119 e. The SMILES string of the molecule is CCCOc1ccc(C(CN)OCCCO)cc1. The Hall–Kier alpha value is -1.10. The fourth-order valence-electron chi connectivity index (χ4n) is 1.59. The van der Waals surface area contributed by atoms with Crippen LogP contribution in [-0.2, 0) is 4.74 Å². The lowest BCUT2D eigenvalue weighted by Gasteiger charge is -2.16. The topological polar surface area (TPSA) is 64.7 Å². The summed E-state index contributed by atoms with van der Waals surface area (Å²) >= 11 is 0. The highest BCUT2D eigenvalue weighted by Gasteiger charge is 2.09. The number of benzene rings is 1. The summed E-state index contributed by atoms with van der Waals surface area (Å²) in [5.41, 5.74) is 6.73. The van der Waals surface area contributed by atoms with E-state index in [0.717, 1.165) is 24.3 Å². The highest BCUT2D eigenvalue weighted by atomic mass is 16.5. The van der Waals surface area contributed by atoms with E-state index in [4.69, 9.17) is 20.3 Å². The monoisotopic (exact) mass is 253 g/mol. The summed E-state index contributed by atoms with van der Waals surface area (Å²) in [5, 5.41) is 8.71. The maximum absolute atomic E-state index is 8.71. The van der Waals surface area contributed by atoms with Crippen molar-refractivity contribution in [1.29, 1.82) is 0 Å². The molecule has 1 aromatic carbocycles. The molecular weight excluding hydrogens is 230 g/mol. The molecule has 0 aliphatic carbocycles. The summed E-state index contributed by atoms with van der Waals surface area (Å²) in [6.07, 6.45) is 1.52. The molecule has 0 fully saturated rings. The van der Waals surface area contributed by atoms with E-state index < -0.39 is 0 Å². The third-order valence-electron chi connectivity index (χ3n) is 2.56. The predicted octanol–water partition coefficient (Wildman–Crippen LogP) is 1.87. The van der Waals surface area contributed by atoms with Crippen LogP contribution < -0.4 is 10.5 Å². The van der Waals surface area contributed by atoms with Gasteiger partial charge in [0.2, 0.25) is 0 Å². The summed E-state index contributed by atoms with van der Waals surface area (Å²) in [7, 11) is 0. The molecule has 4 heteroatoms. The van der Waals surface area contributed by atoms with Crippen molar-refractivity contribution in [3.05, 3.63) is 29.8 Å². The molecule has 1 unspecified atom stereocenters. The second-order valence-electron chi connectivity index (χ2n) is 4.09. The third-order valence-corrected chi connectivity index (χ3v) is 2.56. The van der Waals surface area contributed by atoms with E-state index in [2.05, 4.69) is 6.92 Å². The van der Waals surface area contributed by atoms with E-state index in [1.165, 1.54) is 0 Å². The zero-order valence-corrected chi connectivity index (χ0v) is 11.0. The van der Waals surface area contributed by atoms with Crippen LogP contribution in [0.25, 0.3) is 0 Å². The van der Waals surface area contributed by atoms with Crippen LogP contribution in [0.4, 0.5) is 0 Å². The van der Waals surface area contributed by atoms with Crippen molar-refractivity contribution in [2.24, 2.45) is 5.73 Å². The van der Waals surface area contributed by atoms with Crippen molar-refractivity contribution in [2.75, 3.05) is 26.4 Å². The molecule has 0 bridgehead atoms. The van der Waals surface area contributed by atoms with Gasteiger partial charge >= 0.3 is 0 Å². The third kappa shape index (κ3) is 5.04. The zero-order chi connectivity index (χ0) is 13.2. The largest absolute Gasteiger partial charge is 0.494 e. The molecule has 0 aliphatic heterocycles. The Kier molecular flexibility index (Phi) is 7.41. The van der Waals surface area contributed by atoms with Gasteiger partial charge in [-0.2, -0.15) is 0 Å². The molecule has 0 saturated heterocycles. The van der Waals surface area contributed by atoms with Crippen molar-refractivity contribution in [2.45, 2.75) is 25.9 Å². The molecule has 18 heavy (non-hydrogen) atoms. The lowest BCUT2D eigenvalue weighted by Crippen LogP contribution is -2.16. The number of ether oxygens (including phenoxy) is 2. The first-order valence-electron chi connectivity index (χ1n) is 6.47. The quantitative estimate of drug-likeness (QED) is 0.659. The molecular formula is C14H23NO3. The molecule has 0 spiro atoms. The van der Waals surface area contributed by atoms with Crippen LogP contribution >= 0.6 is 0 Å². The van der Waals surface area contributed by atoms with Gasteiger partial charge in [0.1, 0.15) is 5.75 Å². The Morgan fingerprint density at radius 3 is 2.50 bits per heavy atom. The molecule has 0 saturated carbocycles. The van der Waals surface area contributed by atoms with Crippen molar-refractivity contribution in [1.82, 2.24) is 0 Å². The average Bonchev–Trinajstić information content (AvgIpc) is 2.42. The van der Waals surface area contributed by atoms with Gasteiger partial charge in [0.05, 0.1) is 12.7 Å². The van der Waals surface area contributed by atoms with Gasteiger partial charge in [-0.25, -0.2) is 0 Å². The molecule has 1 aromatic rings. The van der Waals surface area contributed by atoms with Crippen molar-refractivity contribution in [3.8, 4) is 5.75 Å². The first-order chi connectivity index (χ1) is 8.81. The fourth-order valence-corrected chi connectivity index (χ4v) is 1.59. The maximum Gasteiger partial charge on any atom is 0.119 e. The normalized spacial score (nSPS) is 12.4. The van der Waals surface area contributed by atoms with Crippen LogP contribution in [0.1, 0.15) is 31.4 Å². The predicted molar refractivity (Wildman–Crippen MR) is 71.7 cm³/mol. The van der Waals surface area contributed by atoms with Gasteiger partial charge in [-0.15, -0.1) is 0 Å². The van der Waals surface area contributed by atoms with E-state index >= 15 is 0 Å². The average molecular weight is 253 g/mol. The van der Waals surface area contributed by atoms with E-state index in [1.807, 2.05) is 24.3 Å². The fraction of sp³-hybridized carbons (Fsp3) is 0.571. The molecule has 0 aliphatic rings. The van der Waals surface area contributed by atoms with E-state index in [-0.39, 0.29) is 12.7 Å². The molecule has 0 radical (unpaired) electrons. The highest BCUT2D eigenvalue weighted by Crippen LogP contribution is 2.20. The second-order valence-corrected chi connectivity index (χ2v) is 4.09. The van der Waals surface area contributed by atoms with Crippen LogP contribution in [-0.4, -0.2) is 31.5 Å². The highest BCUT2D eigenvalue weighted by molar-refractivity contribution is 5.28. The molecule has 102 valence electrons. The Bertz CT molecular complexity index is 313. The number of rotatable bonds is 9. The molecule has 0 heterocycles. The standard InChI is InChI=1S/C14H23NO3/c1-2-9-17-13-6-4-12(5-7-13)14(11-15)18-10-3-8-16/h4-7,14,16H,2-3,8-11,15H2,1H3. The van der Waals surface area contributed by atoms with Crippen LogP contribution in [0.3, 0.4) is 0 Å². The van der Waals surface area contributed by atoms with Crippen LogP contribution in [0.15, 0.2) is 24.3 Å². The molecule has 3 N–H and O–H groups in total. The minimum Gasteiger partial charge on any atom is -0.494 e. The lowest BCUT2D eigenvalue weighted by molar-refractivity contribution is 0.0488. The molecule has 0 aromatic heterocycles. The van der Waals surface area contributed by atoms with Gasteiger partial charge in [0.25, 0.3) is 0 Å². The summed E-state index contributed by atoms with van der Waals surface area (Å²) < 4.78 is 11.1. The Morgan fingerprint density at radius 1 is 1.22 bits per heavy atom. The first kappa shape index (κ1) is 15.0. The first-order valence-corrected chi connectivity index (χ1v) is 6.47. The van der Waals surface area contributed by atoms with Gasteiger partial charge in [-0.3, -0.25) is 0 Å². The summed E-state index contributed by atoms with van der Waals surface area (Å²) in [5.74, 6) is 0.867. The number of hydrogen-bond donors (Lipinski definition) is 2. The Balaban J connectivity index is 2.52. The molecule has 1 rings (SSSR count). The van der Waals surface area contributed by atoms with Crippen LogP contribution in [0.2, 0.25) is 0 Å². The van der Waals surface area contributed by atoms with Gasteiger partial charge in [0, 0.05) is 19.8 Å². The van der Waals surface area contributed by atoms with Crippen LogP contribution in [0, 0.1) is 0 Å². The van der Waals surface area contributed by atoms with E-state index in [1.54, 1.807) is 0 Å². The summed E-state index contributed by atoms with van der Waals surface area (Å²) in [4.78, 5) is 0. The van der Waals surface area contributed by atoms with Gasteiger partial charge in [-0.1, -0.05) is 19.1 Å².